The van der Waals surface area contributed by atoms with Crippen molar-refractivity contribution in [1.82, 2.24) is 19.9 Å². The number of benzene rings is 1. The fraction of sp³-hybridized carbons (Fsp3) is 0.150. The van der Waals surface area contributed by atoms with Crippen LogP contribution in [0.5, 0.6) is 0 Å². The van der Waals surface area contributed by atoms with Crippen LogP contribution in [-0.2, 0) is 12.3 Å². The normalized spacial score (nSPS) is 11.7. The Hall–Kier alpha value is -3.13. The molecule has 0 bridgehead atoms. The molecular weight excluding hydrogens is 382 g/mol. The number of rotatable bonds is 5. The first-order valence-corrected chi connectivity index (χ1v) is 9.30. The predicted molar refractivity (Wildman–Crippen MR) is 102 cm³/mol. The average molecular weight is 396 g/mol. The van der Waals surface area contributed by atoms with Gasteiger partial charge in [-0.1, -0.05) is 6.07 Å². The van der Waals surface area contributed by atoms with Crippen molar-refractivity contribution in [2.24, 2.45) is 0 Å². The second kappa shape index (κ2) is 7.12. The lowest BCUT2D eigenvalue weighted by atomic mass is 9.95. The van der Waals surface area contributed by atoms with Crippen molar-refractivity contribution in [3.8, 4) is 0 Å². The van der Waals surface area contributed by atoms with E-state index in [9.17, 15) is 4.79 Å². The Bertz CT molecular complexity index is 1160. The van der Waals surface area contributed by atoms with E-state index in [1.807, 2.05) is 12.3 Å². The van der Waals surface area contributed by atoms with Crippen LogP contribution in [0.2, 0.25) is 0 Å². The number of ketones is 1. The van der Waals surface area contributed by atoms with Crippen LogP contribution in [0.15, 0.2) is 54.6 Å². The van der Waals surface area contributed by atoms with Crippen molar-refractivity contribution in [2.45, 2.75) is 19.3 Å². The fourth-order valence-electron chi connectivity index (χ4n) is 2.93. The zero-order chi connectivity index (χ0) is 19.7. The fourth-order valence-corrected chi connectivity index (χ4v) is 3.70. The molecule has 0 unspecified atom stereocenters. The third kappa shape index (κ3) is 3.38. The molecule has 0 radical (unpaired) electrons. The molecule has 0 aliphatic carbocycles. The molecule has 0 aliphatic rings. The summed E-state index contributed by atoms with van der Waals surface area (Å²) in [4.78, 5) is 28.8. The molecule has 5 nitrogen and oxygen atoms in total. The quantitative estimate of drug-likeness (QED) is 0.469. The van der Waals surface area contributed by atoms with Gasteiger partial charge in [0.15, 0.2) is 5.78 Å². The van der Waals surface area contributed by atoms with Crippen molar-refractivity contribution in [3.63, 3.8) is 0 Å². The molecule has 0 amide bonds. The maximum atomic E-state index is 15.1. The van der Waals surface area contributed by atoms with Gasteiger partial charge in [-0.25, -0.2) is 15.0 Å². The summed E-state index contributed by atoms with van der Waals surface area (Å²) in [5.74, 6) is -3.65. The minimum absolute atomic E-state index is 0.0354. The maximum absolute atomic E-state index is 15.1. The van der Waals surface area contributed by atoms with Crippen molar-refractivity contribution in [2.75, 3.05) is 0 Å². The van der Waals surface area contributed by atoms with Gasteiger partial charge in [0.1, 0.15) is 11.3 Å². The van der Waals surface area contributed by atoms with E-state index >= 15 is 8.78 Å². The molecule has 28 heavy (non-hydrogen) atoms. The zero-order valence-electron chi connectivity index (χ0n) is 14.8. The van der Waals surface area contributed by atoms with E-state index in [0.29, 0.717) is 15.9 Å². The molecule has 3 aromatic heterocycles. The number of alkyl halides is 2. The molecule has 0 saturated heterocycles. The first kappa shape index (κ1) is 18.2. The Morgan fingerprint density at radius 1 is 1.18 bits per heavy atom. The molecule has 0 aliphatic heterocycles. The topological polar surface area (TPSA) is 68.6 Å². The zero-order valence-corrected chi connectivity index (χ0v) is 15.6. The van der Waals surface area contributed by atoms with Crippen LogP contribution in [0, 0.1) is 6.92 Å². The van der Waals surface area contributed by atoms with Crippen molar-refractivity contribution in [3.05, 3.63) is 82.0 Å². The van der Waals surface area contributed by atoms with Gasteiger partial charge >= 0.3 is 5.92 Å². The number of nitrogens with zero attached hydrogens (tertiary/aromatic N) is 4. The summed E-state index contributed by atoms with van der Waals surface area (Å²) >= 11 is 1.37. The van der Waals surface area contributed by atoms with Crippen LogP contribution in [0.25, 0.3) is 10.9 Å². The van der Waals surface area contributed by atoms with Gasteiger partial charge in [0.05, 0.1) is 17.5 Å². The van der Waals surface area contributed by atoms with E-state index < -0.39 is 5.92 Å². The minimum atomic E-state index is -3.35. The highest BCUT2D eigenvalue weighted by molar-refractivity contribution is 7.09. The number of hydrogen-bond acceptors (Lipinski definition) is 6. The molecule has 3 heterocycles. The van der Waals surface area contributed by atoms with Gasteiger partial charge in [0.2, 0.25) is 0 Å². The molecule has 0 atom stereocenters. The molecule has 140 valence electrons. The van der Waals surface area contributed by atoms with Gasteiger partial charge in [-0.15, -0.1) is 11.3 Å². The molecule has 4 aromatic rings. The Kier molecular flexibility index (Phi) is 4.64. The van der Waals surface area contributed by atoms with E-state index in [4.69, 9.17) is 0 Å². The molecule has 0 fully saturated rings. The number of aryl methyl sites for hydroxylation is 1. The summed E-state index contributed by atoms with van der Waals surface area (Å²) in [7, 11) is 0. The number of thiazole rings is 1. The Morgan fingerprint density at radius 3 is 2.68 bits per heavy atom. The lowest BCUT2D eigenvalue weighted by Crippen LogP contribution is -2.17. The first-order valence-electron chi connectivity index (χ1n) is 8.42. The van der Waals surface area contributed by atoms with Gasteiger partial charge in [0, 0.05) is 46.2 Å². The number of hydrogen-bond donors (Lipinski definition) is 0. The summed E-state index contributed by atoms with van der Waals surface area (Å²) in [5, 5.41) is 2.95. The standard InChI is InChI=1S/C20H14F2N4OS/c1-12-10-28-18(26-12)7-17(27)16-6-14(5-13-3-2-4-25-19(13)16)20(21,22)15-8-23-11-24-9-15/h2-6,8-11H,7H2,1H3. The highest BCUT2D eigenvalue weighted by atomic mass is 32.1. The largest absolute Gasteiger partial charge is 0.301 e. The summed E-state index contributed by atoms with van der Waals surface area (Å²) in [6.07, 6.45) is 4.90. The molecule has 0 saturated carbocycles. The molecule has 0 spiro atoms. The maximum Gasteiger partial charge on any atom is 0.301 e. The van der Waals surface area contributed by atoms with Crippen molar-refractivity contribution in [1.29, 1.82) is 0 Å². The number of carbonyl (C=O) groups excluding carboxylic acids is 1. The lowest BCUT2D eigenvalue weighted by molar-refractivity contribution is 0.0421. The second-order valence-corrected chi connectivity index (χ2v) is 7.23. The van der Waals surface area contributed by atoms with Crippen LogP contribution in [-0.4, -0.2) is 25.7 Å². The number of Topliss-reactive ketones (excluding diaryl/α,β-unsaturated/α-hetero) is 1. The van der Waals surface area contributed by atoms with Gasteiger partial charge in [-0.2, -0.15) is 8.78 Å². The number of aromatic nitrogens is 4. The van der Waals surface area contributed by atoms with E-state index in [2.05, 4.69) is 19.9 Å². The lowest BCUT2D eigenvalue weighted by Gasteiger charge is -2.18. The third-order valence-electron chi connectivity index (χ3n) is 4.27. The van der Waals surface area contributed by atoms with E-state index in [1.165, 1.54) is 36.0 Å². The molecule has 8 heteroatoms. The predicted octanol–water partition coefficient (Wildman–Crippen LogP) is 4.36. The Balaban J connectivity index is 1.83. The summed E-state index contributed by atoms with van der Waals surface area (Å²) in [6.45, 7) is 1.84. The molecular formula is C20H14F2N4OS. The number of fused-ring (bicyclic) bond motifs is 1. The van der Waals surface area contributed by atoms with Crippen LogP contribution < -0.4 is 0 Å². The summed E-state index contributed by atoms with van der Waals surface area (Å²) in [6, 6.07) is 5.87. The average Bonchev–Trinajstić information content (AvgIpc) is 3.12. The number of pyridine rings is 1. The smallest absolute Gasteiger partial charge is 0.294 e. The second-order valence-electron chi connectivity index (χ2n) is 6.28. The highest BCUT2D eigenvalue weighted by Gasteiger charge is 2.36. The van der Waals surface area contributed by atoms with Gasteiger partial charge in [0.25, 0.3) is 0 Å². The van der Waals surface area contributed by atoms with Crippen molar-refractivity contribution >= 4 is 28.0 Å². The monoisotopic (exact) mass is 396 g/mol. The summed E-state index contributed by atoms with van der Waals surface area (Å²) in [5.41, 5.74) is 0.718. The summed E-state index contributed by atoms with van der Waals surface area (Å²) < 4.78 is 30.1. The minimum Gasteiger partial charge on any atom is -0.294 e. The SMILES string of the molecule is Cc1csc(CC(=O)c2cc(C(F)(F)c3cncnc3)cc3cccnc23)n1. The Labute approximate surface area is 163 Å². The Morgan fingerprint density at radius 2 is 1.96 bits per heavy atom. The molecule has 0 N–H and O–H groups in total. The molecule has 1 aromatic carbocycles. The first-order chi connectivity index (χ1) is 13.4. The third-order valence-corrected chi connectivity index (χ3v) is 5.24. The molecule has 4 rings (SSSR count). The van der Waals surface area contributed by atoms with Crippen LogP contribution in [0.4, 0.5) is 8.78 Å². The van der Waals surface area contributed by atoms with Crippen LogP contribution in [0.3, 0.4) is 0 Å². The van der Waals surface area contributed by atoms with E-state index in [-0.39, 0.29) is 28.9 Å². The van der Waals surface area contributed by atoms with Gasteiger partial charge in [-0.3, -0.25) is 9.78 Å². The van der Waals surface area contributed by atoms with Crippen molar-refractivity contribution < 1.29 is 13.6 Å². The van der Waals surface area contributed by atoms with E-state index in [0.717, 1.165) is 18.1 Å². The van der Waals surface area contributed by atoms with Crippen LogP contribution >= 0.6 is 11.3 Å². The van der Waals surface area contributed by atoms with Gasteiger partial charge in [-0.05, 0) is 25.1 Å². The van der Waals surface area contributed by atoms with Gasteiger partial charge < -0.3 is 0 Å². The highest BCUT2D eigenvalue weighted by Crippen LogP contribution is 2.37. The number of halogens is 2. The van der Waals surface area contributed by atoms with E-state index in [1.54, 1.807) is 12.1 Å². The number of carbonyl (C=O) groups is 1. The van der Waals surface area contributed by atoms with Crippen LogP contribution in [0.1, 0.15) is 32.2 Å².